The molecule has 0 N–H and O–H groups in total. The van der Waals surface area contributed by atoms with E-state index in [-0.39, 0.29) is 16.9 Å². The van der Waals surface area contributed by atoms with E-state index in [0.29, 0.717) is 25.6 Å². The van der Waals surface area contributed by atoms with Crippen molar-refractivity contribution in [3.05, 3.63) is 65.7 Å². The Morgan fingerprint density at radius 3 is 2.50 bits per heavy atom. The summed E-state index contributed by atoms with van der Waals surface area (Å²) < 4.78 is 43.4. The van der Waals surface area contributed by atoms with Crippen LogP contribution in [-0.2, 0) is 17.1 Å². The zero-order valence-corrected chi connectivity index (χ0v) is 21.7. The van der Waals surface area contributed by atoms with Crippen molar-refractivity contribution in [1.82, 2.24) is 34.0 Å². The predicted molar refractivity (Wildman–Crippen MR) is 135 cm³/mol. The first kappa shape index (κ1) is 24.5. The highest BCUT2D eigenvalue weighted by molar-refractivity contribution is 7.89. The summed E-state index contributed by atoms with van der Waals surface area (Å²) in [5.41, 5.74) is 3.81. The van der Waals surface area contributed by atoms with Crippen molar-refractivity contribution in [2.45, 2.75) is 31.8 Å². The first-order chi connectivity index (χ1) is 17.1. The second-order valence-corrected chi connectivity index (χ2v) is 11.6. The Balaban J connectivity index is 1.53. The van der Waals surface area contributed by atoms with E-state index in [0.717, 1.165) is 34.3 Å². The van der Waals surface area contributed by atoms with Crippen molar-refractivity contribution in [1.29, 1.82) is 0 Å². The third-order valence-corrected chi connectivity index (χ3v) is 8.35. The number of rotatable bonds is 6. The minimum absolute atomic E-state index is 0.0335. The van der Waals surface area contributed by atoms with Gasteiger partial charge in [0.1, 0.15) is 5.82 Å². The van der Waals surface area contributed by atoms with E-state index in [9.17, 15) is 12.8 Å². The van der Waals surface area contributed by atoms with Crippen LogP contribution in [0.3, 0.4) is 0 Å². The molecular formula is C25H30FN7O2S. The van der Waals surface area contributed by atoms with Crippen LogP contribution in [0.25, 0.3) is 16.6 Å². The van der Waals surface area contributed by atoms with Gasteiger partial charge in [-0.05, 0) is 60.4 Å². The minimum Gasteiger partial charge on any atom is -0.293 e. The topological polar surface area (TPSA) is 89.2 Å². The van der Waals surface area contributed by atoms with Gasteiger partial charge < -0.3 is 0 Å². The summed E-state index contributed by atoms with van der Waals surface area (Å²) in [6, 6.07) is 10.3. The van der Waals surface area contributed by atoms with E-state index in [4.69, 9.17) is 0 Å². The second-order valence-electron chi connectivity index (χ2n) is 9.74. The molecule has 5 rings (SSSR count). The molecule has 2 aromatic heterocycles. The van der Waals surface area contributed by atoms with E-state index in [1.807, 2.05) is 6.92 Å². The number of nitrogens with zero attached hydrogens (tertiary/aromatic N) is 7. The number of fused-ring (bicyclic) bond motifs is 1. The largest absolute Gasteiger partial charge is 0.293 e. The molecule has 1 aliphatic heterocycles. The van der Waals surface area contributed by atoms with Gasteiger partial charge in [-0.1, -0.05) is 13.8 Å². The van der Waals surface area contributed by atoms with Gasteiger partial charge in [-0.2, -0.15) is 19.3 Å². The van der Waals surface area contributed by atoms with Crippen LogP contribution in [0, 0.1) is 18.7 Å². The van der Waals surface area contributed by atoms with Gasteiger partial charge in [-0.25, -0.2) is 17.5 Å². The zero-order valence-electron chi connectivity index (χ0n) is 20.8. The Hall–Kier alpha value is -3.15. The first-order valence-corrected chi connectivity index (χ1v) is 13.4. The highest BCUT2D eigenvalue weighted by Gasteiger charge is 2.37. The van der Waals surface area contributed by atoms with Crippen molar-refractivity contribution in [3.8, 4) is 5.69 Å². The molecule has 1 aliphatic rings. The monoisotopic (exact) mass is 511 g/mol. The van der Waals surface area contributed by atoms with Gasteiger partial charge in [-0.3, -0.25) is 4.90 Å². The van der Waals surface area contributed by atoms with Crippen LogP contribution in [0.15, 0.2) is 53.8 Å². The van der Waals surface area contributed by atoms with E-state index in [1.165, 1.54) is 27.4 Å². The second kappa shape index (κ2) is 9.38. The summed E-state index contributed by atoms with van der Waals surface area (Å²) in [4.78, 5) is 3.63. The maximum Gasteiger partial charge on any atom is 0.264 e. The smallest absolute Gasteiger partial charge is 0.264 e. The SMILES string of the molecule is Cc1cc2c(cnn2-c2ccc(F)cc2)cc1[C@@H]1CN(S(=O)(=O)c2cnn(C)n2)CCN1CC(C)C. The summed E-state index contributed by atoms with van der Waals surface area (Å²) in [7, 11) is -2.16. The van der Waals surface area contributed by atoms with Crippen molar-refractivity contribution in [3.63, 3.8) is 0 Å². The third kappa shape index (κ3) is 4.54. The average molecular weight is 512 g/mol. The standard InChI is InChI=1S/C25H30FN7O2S/c1-17(2)15-31-9-10-32(36(34,35)25-14-27-30(4)29-25)16-24(31)22-12-19-13-28-33(23(19)11-18(22)3)21-7-5-20(26)6-8-21/h5-8,11-14,17,24H,9-10,15-16H2,1-4H3/t24-/m0/s1. The molecule has 0 saturated carbocycles. The molecular weight excluding hydrogens is 481 g/mol. The van der Waals surface area contributed by atoms with Gasteiger partial charge in [0.25, 0.3) is 10.0 Å². The lowest BCUT2D eigenvalue weighted by atomic mass is 9.96. The molecule has 190 valence electrons. The number of halogens is 1. The van der Waals surface area contributed by atoms with Crippen LogP contribution in [0.4, 0.5) is 4.39 Å². The maximum atomic E-state index is 13.4. The molecule has 36 heavy (non-hydrogen) atoms. The van der Waals surface area contributed by atoms with Gasteiger partial charge >= 0.3 is 0 Å². The van der Waals surface area contributed by atoms with Gasteiger partial charge in [0.2, 0.25) is 5.03 Å². The fraction of sp³-hybridized carbons (Fsp3) is 0.400. The Morgan fingerprint density at radius 1 is 1.08 bits per heavy atom. The lowest BCUT2D eigenvalue weighted by molar-refractivity contribution is 0.105. The van der Waals surface area contributed by atoms with Crippen LogP contribution < -0.4 is 0 Å². The number of benzene rings is 2. The molecule has 0 aliphatic carbocycles. The van der Waals surface area contributed by atoms with Crippen molar-refractivity contribution >= 4 is 20.9 Å². The molecule has 11 heteroatoms. The molecule has 9 nitrogen and oxygen atoms in total. The number of hydrogen-bond donors (Lipinski definition) is 0. The molecule has 0 bridgehead atoms. The fourth-order valence-electron chi connectivity index (χ4n) is 4.92. The summed E-state index contributed by atoms with van der Waals surface area (Å²) in [6.07, 6.45) is 3.09. The van der Waals surface area contributed by atoms with Crippen LogP contribution in [0.2, 0.25) is 0 Å². The van der Waals surface area contributed by atoms with E-state index >= 15 is 0 Å². The number of aromatic nitrogens is 5. The average Bonchev–Trinajstić information content (AvgIpc) is 3.45. The lowest BCUT2D eigenvalue weighted by Gasteiger charge is -2.42. The van der Waals surface area contributed by atoms with E-state index in [1.54, 1.807) is 30.1 Å². The van der Waals surface area contributed by atoms with Crippen LogP contribution >= 0.6 is 0 Å². The van der Waals surface area contributed by atoms with Gasteiger partial charge in [0.15, 0.2) is 0 Å². The Kier molecular flexibility index (Phi) is 6.39. The summed E-state index contributed by atoms with van der Waals surface area (Å²) in [5.74, 6) is 0.137. The zero-order chi connectivity index (χ0) is 25.6. The number of piperazine rings is 1. The van der Waals surface area contributed by atoms with Crippen LogP contribution in [0.5, 0.6) is 0 Å². The Bertz CT molecular complexity index is 1490. The molecule has 0 unspecified atom stereocenters. The molecule has 0 amide bonds. The maximum absolute atomic E-state index is 13.4. The molecule has 0 radical (unpaired) electrons. The Morgan fingerprint density at radius 2 is 1.83 bits per heavy atom. The highest BCUT2D eigenvalue weighted by Crippen LogP contribution is 2.33. The molecule has 1 fully saturated rings. The Labute approximate surface area is 210 Å². The van der Waals surface area contributed by atoms with Crippen molar-refractivity contribution in [2.24, 2.45) is 13.0 Å². The third-order valence-electron chi connectivity index (χ3n) is 6.62. The molecule has 0 spiro atoms. The number of hydrogen-bond acceptors (Lipinski definition) is 6. The molecule has 3 heterocycles. The van der Waals surface area contributed by atoms with Crippen LogP contribution in [0.1, 0.15) is 31.0 Å². The molecule has 1 atom stereocenters. The highest BCUT2D eigenvalue weighted by atomic mass is 32.2. The molecule has 1 saturated heterocycles. The normalized spacial score (nSPS) is 17.9. The van der Waals surface area contributed by atoms with Gasteiger partial charge in [0, 0.05) is 44.7 Å². The van der Waals surface area contributed by atoms with E-state index in [2.05, 4.69) is 46.2 Å². The van der Waals surface area contributed by atoms with Gasteiger partial charge in [-0.15, -0.1) is 5.10 Å². The summed E-state index contributed by atoms with van der Waals surface area (Å²) >= 11 is 0. The van der Waals surface area contributed by atoms with E-state index < -0.39 is 10.0 Å². The molecule has 4 aromatic rings. The lowest BCUT2D eigenvalue weighted by Crippen LogP contribution is -2.51. The first-order valence-electron chi connectivity index (χ1n) is 12.0. The minimum atomic E-state index is -3.76. The van der Waals surface area contributed by atoms with Crippen molar-refractivity contribution < 1.29 is 12.8 Å². The quantitative estimate of drug-likeness (QED) is 0.395. The van der Waals surface area contributed by atoms with Gasteiger partial charge in [0.05, 0.1) is 23.6 Å². The predicted octanol–water partition coefficient (Wildman–Crippen LogP) is 3.31. The fourth-order valence-corrected chi connectivity index (χ4v) is 6.24. The summed E-state index contributed by atoms with van der Waals surface area (Å²) in [6.45, 7) is 8.58. The molecule has 2 aromatic carbocycles. The number of aryl methyl sites for hydroxylation is 2. The van der Waals surface area contributed by atoms with Crippen molar-refractivity contribution in [2.75, 3.05) is 26.2 Å². The number of sulfonamides is 1. The summed E-state index contributed by atoms with van der Waals surface area (Å²) in [5, 5.41) is 13.4. The van der Waals surface area contributed by atoms with Crippen LogP contribution in [-0.4, -0.2) is 68.6 Å².